The molecule has 1 amide bonds. The summed E-state index contributed by atoms with van der Waals surface area (Å²) in [5.41, 5.74) is 1.63. The number of amides is 1. The Labute approximate surface area is 168 Å². The van der Waals surface area contributed by atoms with Gasteiger partial charge in [-0.05, 0) is 54.8 Å². The zero-order valence-corrected chi connectivity index (χ0v) is 16.1. The van der Waals surface area contributed by atoms with Crippen molar-refractivity contribution in [3.05, 3.63) is 54.0 Å². The lowest BCUT2D eigenvalue weighted by atomic mass is 10.0. The molecule has 1 fully saturated rings. The molecule has 1 aromatic heterocycles. The highest BCUT2D eigenvalue weighted by Gasteiger charge is 2.36. The van der Waals surface area contributed by atoms with E-state index < -0.39 is 30.6 Å². The van der Waals surface area contributed by atoms with Crippen LogP contribution in [0.15, 0.2) is 52.2 Å². The fourth-order valence-corrected chi connectivity index (χ4v) is 3.46. The van der Waals surface area contributed by atoms with E-state index in [9.17, 15) is 9.59 Å². The second kappa shape index (κ2) is 8.48. The first kappa shape index (κ1) is 19.2. The van der Waals surface area contributed by atoms with Crippen LogP contribution in [0.2, 0.25) is 0 Å². The Morgan fingerprint density at radius 2 is 2.07 bits per heavy atom. The maximum atomic E-state index is 12.8. The largest absolute Gasteiger partial charge is 0.497 e. The topological polar surface area (TPSA) is 90.6 Å². The van der Waals surface area contributed by atoms with Crippen molar-refractivity contribution in [3.63, 3.8) is 0 Å². The first-order chi connectivity index (χ1) is 14.2. The zero-order chi connectivity index (χ0) is 20.2. The number of nitrogens with zero attached hydrogens (tertiary/aromatic N) is 2. The van der Waals surface area contributed by atoms with Gasteiger partial charge < -0.3 is 18.6 Å². The summed E-state index contributed by atoms with van der Waals surface area (Å²) in [6.45, 7) is 0.144. The molecule has 1 aromatic carbocycles. The van der Waals surface area contributed by atoms with Crippen LogP contribution in [0.1, 0.15) is 36.6 Å². The third kappa shape index (κ3) is 4.17. The predicted molar refractivity (Wildman–Crippen MR) is 102 cm³/mol. The number of hydrogen-bond acceptors (Lipinski definition) is 7. The molecule has 0 aliphatic carbocycles. The van der Waals surface area contributed by atoms with Crippen LogP contribution < -0.4 is 4.74 Å². The van der Waals surface area contributed by atoms with Crippen molar-refractivity contribution in [1.29, 1.82) is 0 Å². The lowest BCUT2D eigenvalue weighted by Crippen LogP contribution is -2.33. The first-order valence-corrected chi connectivity index (χ1v) is 9.51. The molecular formula is C21H22N2O6. The Hall–Kier alpha value is -3.13. The highest BCUT2D eigenvalue weighted by atomic mass is 16.6. The number of hydrogen-bond donors (Lipinski definition) is 0. The van der Waals surface area contributed by atoms with Gasteiger partial charge in [-0.3, -0.25) is 4.79 Å². The number of carbonyl (C=O) groups excluding carboxylic acids is 2. The van der Waals surface area contributed by atoms with Gasteiger partial charge in [0.15, 0.2) is 12.7 Å². The minimum Gasteiger partial charge on any atom is -0.497 e. The number of benzene rings is 1. The van der Waals surface area contributed by atoms with E-state index in [1.807, 2.05) is 24.3 Å². The summed E-state index contributed by atoms with van der Waals surface area (Å²) in [6, 6.07) is 10.6. The third-order valence-corrected chi connectivity index (χ3v) is 4.99. The van der Waals surface area contributed by atoms with Gasteiger partial charge in [0.1, 0.15) is 17.6 Å². The number of rotatable bonds is 6. The molecule has 0 unspecified atom stereocenters. The minimum absolute atomic E-state index is 0.393. The molecule has 8 heteroatoms. The number of ether oxygens (including phenoxy) is 3. The van der Waals surface area contributed by atoms with Gasteiger partial charge in [-0.2, -0.15) is 5.10 Å². The maximum absolute atomic E-state index is 12.8. The number of esters is 1. The monoisotopic (exact) mass is 398 g/mol. The van der Waals surface area contributed by atoms with Crippen LogP contribution in [0, 0.1) is 0 Å². The molecule has 29 heavy (non-hydrogen) atoms. The molecule has 0 bridgehead atoms. The van der Waals surface area contributed by atoms with E-state index in [-0.39, 0.29) is 0 Å². The molecule has 2 aliphatic rings. The fourth-order valence-electron chi connectivity index (χ4n) is 3.46. The predicted octanol–water partition coefficient (Wildman–Crippen LogP) is 2.69. The summed E-state index contributed by atoms with van der Waals surface area (Å²) in [7, 11) is 1.60. The summed E-state index contributed by atoms with van der Waals surface area (Å²) < 4.78 is 21.2. The van der Waals surface area contributed by atoms with Crippen molar-refractivity contribution in [2.24, 2.45) is 5.10 Å². The Morgan fingerprint density at radius 3 is 2.72 bits per heavy atom. The molecule has 0 spiro atoms. The second-order valence-corrected chi connectivity index (χ2v) is 6.86. The van der Waals surface area contributed by atoms with Gasteiger partial charge in [-0.1, -0.05) is 0 Å². The highest BCUT2D eigenvalue weighted by molar-refractivity contribution is 6.03. The van der Waals surface area contributed by atoms with Crippen LogP contribution in [0.3, 0.4) is 0 Å². The van der Waals surface area contributed by atoms with Gasteiger partial charge >= 0.3 is 5.97 Å². The first-order valence-electron chi connectivity index (χ1n) is 9.51. The molecule has 0 saturated carbocycles. The van der Waals surface area contributed by atoms with E-state index in [1.54, 1.807) is 25.5 Å². The van der Waals surface area contributed by atoms with E-state index >= 15 is 0 Å². The molecule has 0 radical (unpaired) electrons. The number of carbonyl (C=O) groups is 2. The van der Waals surface area contributed by atoms with Crippen LogP contribution in [0.25, 0.3) is 0 Å². The molecule has 2 aromatic rings. The Bertz CT molecular complexity index is 884. The molecule has 2 atom stereocenters. The molecule has 0 N–H and O–H groups in total. The molecule has 4 rings (SSSR count). The van der Waals surface area contributed by atoms with Gasteiger partial charge in [-0.25, -0.2) is 9.80 Å². The normalized spacial score (nSPS) is 21.1. The molecule has 2 aliphatic heterocycles. The van der Waals surface area contributed by atoms with Crippen LogP contribution >= 0.6 is 0 Å². The smallest absolute Gasteiger partial charge is 0.335 e. The van der Waals surface area contributed by atoms with E-state index in [1.165, 1.54) is 5.01 Å². The van der Waals surface area contributed by atoms with Crippen molar-refractivity contribution in [3.8, 4) is 5.75 Å². The number of furan rings is 1. The van der Waals surface area contributed by atoms with Crippen LogP contribution in [-0.2, 0) is 19.1 Å². The van der Waals surface area contributed by atoms with Crippen molar-refractivity contribution in [2.75, 3.05) is 20.3 Å². The average molecular weight is 398 g/mol. The van der Waals surface area contributed by atoms with E-state index in [4.69, 9.17) is 18.6 Å². The molecule has 3 heterocycles. The lowest BCUT2D eigenvalue weighted by Gasteiger charge is -2.20. The molecule has 152 valence electrons. The zero-order valence-electron chi connectivity index (χ0n) is 16.1. The molecule has 1 saturated heterocycles. The maximum Gasteiger partial charge on any atom is 0.335 e. The molecule has 8 nitrogen and oxygen atoms in total. The highest BCUT2D eigenvalue weighted by Crippen LogP contribution is 2.33. The van der Waals surface area contributed by atoms with Crippen molar-refractivity contribution >= 4 is 17.6 Å². The van der Waals surface area contributed by atoms with E-state index in [0.717, 1.165) is 23.4 Å². The van der Waals surface area contributed by atoms with Gasteiger partial charge in [0.05, 0.1) is 19.1 Å². The van der Waals surface area contributed by atoms with Crippen molar-refractivity contribution in [2.45, 2.75) is 31.4 Å². The van der Waals surface area contributed by atoms with E-state index in [0.29, 0.717) is 25.2 Å². The van der Waals surface area contributed by atoms with Crippen LogP contribution in [0.5, 0.6) is 5.75 Å². The number of methoxy groups -OCH3 is 1. The quantitative estimate of drug-likeness (QED) is 0.695. The lowest BCUT2D eigenvalue weighted by molar-refractivity contribution is -0.160. The van der Waals surface area contributed by atoms with Crippen LogP contribution in [-0.4, -0.2) is 49.0 Å². The Balaban J connectivity index is 1.49. The SMILES string of the molecule is COc1ccc(C2=NN(C(=O)COC(=O)[C@@H]3CCCO3)[C@H](c3ccco3)C2)cc1. The summed E-state index contributed by atoms with van der Waals surface area (Å²) in [6.07, 6.45) is 2.90. The fraction of sp³-hybridized carbons (Fsp3) is 0.381. The minimum atomic E-state index is -0.583. The second-order valence-electron chi connectivity index (χ2n) is 6.86. The summed E-state index contributed by atoms with van der Waals surface area (Å²) >= 11 is 0. The standard InChI is InChI=1S/C21H22N2O6/c1-26-15-8-6-14(7-9-15)16-12-17(18-4-2-10-27-18)23(22-16)20(24)13-29-21(25)19-5-3-11-28-19/h2,4,6-10,17,19H,3,5,11-13H2,1H3/t17-,19-/m0/s1. The Morgan fingerprint density at radius 1 is 1.24 bits per heavy atom. The van der Waals surface area contributed by atoms with Gasteiger partial charge in [0, 0.05) is 13.0 Å². The van der Waals surface area contributed by atoms with Gasteiger partial charge in [0.25, 0.3) is 5.91 Å². The van der Waals surface area contributed by atoms with Crippen molar-refractivity contribution < 1.29 is 28.2 Å². The summed E-state index contributed by atoms with van der Waals surface area (Å²) in [5.74, 6) is 0.435. The van der Waals surface area contributed by atoms with Crippen LogP contribution in [0.4, 0.5) is 0 Å². The van der Waals surface area contributed by atoms with E-state index in [2.05, 4.69) is 5.10 Å². The van der Waals surface area contributed by atoms with Gasteiger partial charge in [0.2, 0.25) is 0 Å². The summed E-state index contributed by atoms with van der Waals surface area (Å²) in [5, 5.41) is 5.84. The number of hydrazone groups is 1. The Kier molecular flexibility index (Phi) is 5.62. The third-order valence-electron chi connectivity index (χ3n) is 4.99. The summed E-state index contributed by atoms with van der Waals surface area (Å²) in [4.78, 5) is 24.8. The van der Waals surface area contributed by atoms with Gasteiger partial charge in [-0.15, -0.1) is 0 Å². The molecular weight excluding hydrogens is 376 g/mol. The van der Waals surface area contributed by atoms with Crippen molar-refractivity contribution in [1.82, 2.24) is 5.01 Å². The average Bonchev–Trinajstić information content (AvgIpc) is 3.52.